The van der Waals surface area contributed by atoms with Crippen molar-refractivity contribution in [3.63, 3.8) is 0 Å². The molecule has 2 aromatic rings. The van der Waals surface area contributed by atoms with Gasteiger partial charge in [-0.05, 0) is 42.7 Å². The summed E-state index contributed by atoms with van der Waals surface area (Å²) in [6.07, 6.45) is 4.41. The van der Waals surface area contributed by atoms with E-state index >= 15 is 0 Å². The van der Waals surface area contributed by atoms with Gasteiger partial charge < -0.3 is 15.0 Å². The molecule has 1 heterocycles. The van der Waals surface area contributed by atoms with Crippen molar-refractivity contribution >= 4 is 33.6 Å². The Labute approximate surface area is 194 Å². The molecule has 1 fully saturated rings. The van der Waals surface area contributed by atoms with Gasteiger partial charge in [-0.3, -0.25) is 9.59 Å². The Balaban J connectivity index is 1.60. The first-order valence-electron chi connectivity index (χ1n) is 10.7. The number of anilines is 1. The number of carbonyl (C=O) groups is 2. The molecule has 0 spiro atoms. The zero-order valence-electron chi connectivity index (χ0n) is 19.0. The van der Waals surface area contributed by atoms with E-state index in [-0.39, 0.29) is 28.4 Å². The zero-order chi connectivity index (χ0) is 24.0. The van der Waals surface area contributed by atoms with E-state index in [2.05, 4.69) is 5.32 Å². The van der Waals surface area contributed by atoms with Gasteiger partial charge in [0.15, 0.2) is 0 Å². The third-order valence-electron chi connectivity index (χ3n) is 5.59. The minimum Gasteiger partial charge on any atom is -0.495 e. The summed E-state index contributed by atoms with van der Waals surface area (Å²) in [5.74, 6) is -0.327. The summed E-state index contributed by atoms with van der Waals surface area (Å²) in [6.45, 7) is 0.970. The van der Waals surface area contributed by atoms with Gasteiger partial charge in [0.2, 0.25) is 21.8 Å². The molecule has 9 heteroatoms. The Morgan fingerprint density at radius 3 is 2.36 bits per heavy atom. The van der Waals surface area contributed by atoms with Gasteiger partial charge in [0.1, 0.15) is 10.6 Å². The number of likely N-dealkylation sites (tertiary alicyclic amines) is 1. The molecule has 2 aromatic carbocycles. The van der Waals surface area contributed by atoms with E-state index in [1.54, 1.807) is 23.1 Å². The van der Waals surface area contributed by atoms with E-state index in [4.69, 9.17) is 4.74 Å². The maximum Gasteiger partial charge on any atom is 0.246 e. The van der Waals surface area contributed by atoms with Gasteiger partial charge in [-0.25, -0.2) is 12.7 Å². The average Bonchev–Trinajstić information content (AvgIpc) is 2.83. The fourth-order valence-electron chi connectivity index (χ4n) is 3.60. The Morgan fingerprint density at radius 2 is 1.76 bits per heavy atom. The third-order valence-corrected chi connectivity index (χ3v) is 7.42. The molecule has 1 saturated heterocycles. The smallest absolute Gasteiger partial charge is 0.246 e. The lowest BCUT2D eigenvalue weighted by atomic mass is 9.95. The second-order valence-electron chi connectivity index (χ2n) is 7.99. The summed E-state index contributed by atoms with van der Waals surface area (Å²) in [4.78, 5) is 27.0. The quantitative estimate of drug-likeness (QED) is 0.627. The van der Waals surface area contributed by atoms with E-state index in [9.17, 15) is 18.0 Å². The van der Waals surface area contributed by atoms with Crippen LogP contribution in [0.4, 0.5) is 5.69 Å². The Kier molecular flexibility index (Phi) is 7.88. The van der Waals surface area contributed by atoms with Crippen LogP contribution in [0.2, 0.25) is 0 Å². The predicted molar refractivity (Wildman–Crippen MR) is 127 cm³/mol. The van der Waals surface area contributed by atoms with Crippen LogP contribution in [-0.2, 0) is 19.6 Å². The molecule has 0 saturated carbocycles. The number of nitrogens with one attached hydrogen (secondary N) is 1. The first kappa shape index (κ1) is 24.5. The number of ether oxygens (including phenoxy) is 1. The molecule has 176 valence electrons. The summed E-state index contributed by atoms with van der Waals surface area (Å²) in [5.41, 5.74) is 1.33. The molecule has 0 radical (unpaired) electrons. The molecule has 33 heavy (non-hydrogen) atoms. The van der Waals surface area contributed by atoms with E-state index < -0.39 is 10.0 Å². The Bertz CT molecular complexity index is 1120. The van der Waals surface area contributed by atoms with Gasteiger partial charge in [-0.1, -0.05) is 30.3 Å². The Hall–Kier alpha value is -3.17. The molecule has 0 unspecified atom stereocenters. The first-order chi connectivity index (χ1) is 15.7. The lowest BCUT2D eigenvalue weighted by Crippen LogP contribution is -2.40. The lowest BCUT2D eigenvalue weighted by molar-refractivity contribution is -0.130. The summed E-state index contributed by atoms with van der Waals surface area (Å²) < 4.78 is 31.4. The minimum absolute atomic E-state index is 0.0154. The summed E-state index contributed by atoms with van der Waals surface area (Å²) >= 11 is 0. The summed E-state index contributed by atoms with van der Waals surface area (Å²) in [7, 11) is 0.526. The van der Waals surface area contributed by atoms with E-state index in [0.717, 1.165) is 9.87 Å². The van der Waals surface area contributed by atoms with Crippen molar-refractivity contribution in [1.29, 1.82) is 0 Å². The highest BCUT2D eigenvalue weighted by Crippen LogP contribution is 2.29. The molecule has 2 amide bonds. The van der Waals surface area contributed by atoms with Gasteiger partial charge in [0.05, 0.1) is 7.11 Å². The molecule has 1 N–H and O–H groups in total. The summed E-state index contributed by atoms with van der Waals surface area (Å²) in [5, 5.41) is 2.81. The van der Waals surface area contributed by atoms with Crippen LogP contribution in [0, 0.1) is 5.92 Å². The van der Waals surface area contributed by atoms with Crippen molar-refractivity contribution in [3.8, 4) is 5.75 Å². The normalized spacial score (nSPS) is 15.1. The number of rotatable bonds is 7. The van der Waals surface area contributed by atoms with Crippen LogP contribution in [0.3, 0.4) is 0 Å². The van der Waals surface area contributed by atoms with Crippen LogP contribution >= 0.6 is 0 Å². The van der Waals surface area contributed by atoms with E-state index in [0.29, 0.717) is 31.6 Å². The number of amides is 2. The van der Waals surface area contributed by atoms with Crippen LogP contribution in [-0.4, -0.2) is 63.7 Å². The molecule has 0 aliphatic carbocycles. The predicted octanol–water partition coefficient (Wildman–Crippen LogP) is 2.84. The molecule has 0 atom stereocenters. The van der Waals surface area contributed by atoms with E-state index in [1.807, 2.05) is 30.3 Å². The van der Waals surface area contributed by atoms with Gasteiger partial charge in [0.25, 0.3) is 0 Å². The maximum atomic E-state index is 12.8. The van der Waals surface area contributed by atoms with Crippen molar-refractivity contribution in [2.24, 2.45) is 5.92 Å². The number of carbonyl (C=O) groups excluding carboxylic acids is 2. The topological polar surface area (TPSA) is 96.0 Å². The molecule has 0 bridgehead atoms. The van der Waals surface area contributed by atoms with Crippen LogP contribution in [0.1, 0.15) is 18.4 Å². The lowest BCUT2D eigenvalue weighted by Gasteiger charge is -2.30. The second kappa shape index (κ2) is 10.6. The molecular formula is C24H29N3O5S. The number of sulfonamides is 1. The highest BCUT2D eigenvalue weighted by molar-refractivity contribution is 7.89. The van der Waals surface area contributed by atoms with Gasteiger partial charge in [0, 0.05) is 44.9 Å². The van der Waals surface area contributed by atoms with E-state index in [1.165, 1.54) is 33.3 Å². The largest absolute Gasteiger partial charge is 0.495 e. The molecule has 0 aromatic heterocycles. The number of hydrogen-bond acceptors (Lipinski definition) is 5. The third kappa shape index (κ3) is 6.00. The van der Waals surface area contributed by atoms with Gasteiger partial charge >= 0.3 is 0 Å². The van der Waals surface area contributed by atoms with Crippen molar-refractivity contribution < 1.29 is 22.7 Å². The highest BCUT2D eigenvalue weighted by Gasteiger charge is 2.28. The highest BCUT2D eigenvalue weighted by atomic mass is 32.2. The van der Waals surface area contributed by atoms with Crippen molar-refractivity contribution in [3.05, 3.63) is 60.2 Å². The number of methoxy groups -OCH3 is 1. The molecule has 1 aliphatic heterocycles. The molecule has 8 nitrogen and oxygen atoms in total. The first-order valence-corrected chi connectivity index (χ1v) is 12.1. The number of nitrogens with zero attached hydrogens (tertiary/aromatic N) is 2. The number of benzene rings is 2. The van der Waals surface area contributed by atoms with Gasteiger partial charge in [-0.15, -0.1) is 0 Å². The standard InChI is InChI=1S/C24H29N3O5S/c1-26(2)33(30,31)22-17-20(10-11-21(22)32-3)25-24(29)19-13-15-27(16-14-19)23(28)12-9-18-7-5-4-6-8-18/h4-12,17,19H,13-16H2,1-3H3,(H,25,29). The fourth-order valence-corrected chi connectivity index (χ4v) is 4.67. The monoisotopic (exact) mass is 471 g/mol. The molecular weight excluding hydrogens is 442 g/mol. The Morgan fingerprint density at radius 1 is 1.09 bits per heavy atom. The van der Waals surface area contributed by atoms with Crippen LogP contribution in [0.15, 0.2) is 59.5 Å². The maximum absolute atomic E-state index is 12.8. The fraction of sp³-hybridized carbons (Fsp3) is 0.333. The van der Waals surface area contributed by atoms with Crippen LogP contribution < -0.4 is 10.1 Å². The van der Waals surface area contributed by atoms with Crippen LogP contribution in [0.5, 0.6) is 5.75 Å². The van der Waals surface area contributed by atoms with Crippen LogP contribution in [0.25, 0.3) is 6.08 Å². The zero-order valence-corrected chi connectivity index (χ0v) is 19.8. The summed E-state index contributed by atoms with van der Waals surface area (Å²) in [6, 6.07) is 14.1. The molecule has 3 rings (SSSR count). The number of hydrogen-bond donors (Lipinski definition) is 1. The van der Waals surface area contributed by atoms with Gasteiger partial charge in [-0.2, -0.15) is 0 Å². The van der Waals surface area contributed by atoms with Crippen molar-refractivity contribution in [2.45, 2.75) is 17.7 Å². The number of piperidine rings is 1. The SMILES string of the molecule is COc1ccc(NC(=O)C2CCN(C(=O)C=Cc3ccccc3)CC2)cc1S(=O)(=O)N(C)C. The average molecular weight is 472 g/mol. The minimum atomic E-state index is -3.74. The van der Waals surface area contributed by atoms with Crippen molar-refractivity contribution in [1.82, 2.24) is 9.21 Å². The molecule has 1 aliphatic rings. The van der Waals surface area contributed by atoms with Crippen molar-refractivity contribution in [2.75, 3.05) is 39.6 Å². The second-order valence-corrected chi connectivity index (χ2v) is 10.1.